The zero-order valence-corrected chi connectivity index (χ0v) is 16.5. The molecule has 1 atom stereocenters. The van der Waals surface area contributed by atoms with Gasteiger partial charge < -0.3 is 19.7 Å². The lowest BCUT2D eigenvalue weighted by atomic mass is 10.1. The molecule has 0 saturated heterocycles. The van der Waals surface area contributed by atoms with Gasteiger partial charge in [0.05, 0.1) is 19.3 Å². The van der Waals surface area contributed by atoms with Gasteiger partial charge in [0, 0.05) is 12.1 Å². The van der Waals surface area contributed by atoms with Crippen LogP contribution in [0.3, 0.4) is 0 Å². The summed E-state index contributed by atoms with van der Waals surface area (Å²) in [7, 11) is 5.32. The van der Waals surface area contributed by atoms with Crippen molar-refractivity contribution in [3.63, 3.8) is 0 Å². The number of hydrogen-bond donors (Lipinski definition) is 1. The first-order valence-electron chi connectivity index (χ1n) is 8.86. The molecule has 0 aliphatic carbocycles. The SMILES string of the molecule is COc1cc(C(=O)NCC(c2cccc(F)c2)N(C)C)ccc1OC(C)C. The van der Waals surface area contributed by atoms with Crippen molar-refractivity contribution in [2.24, 2.45) is 0 Å². The number of nitrogens with one attached hydrogen (secondary N) is 1. The summed E-state index contributed by atoms with van der Waals surface area (Å²) in [6.07, 6.45) is 0.00527. The number of carbonyl (C=O) groups excluding carboxylic acids is 1. The standard InChI is InChI=1S/C21H27FN2O3/c1-14(2)27-19-10-9-16(12-20(19)26-5)21(25)23-13-18(24(3)4)15-7-6-8-17(22)11-15/h6-12,14,18H,13H2,1-5H3,(H,23,25). The van der Waals surface area contributed by atoms with Crippen LogP contribution in [0.1, 0.15) is 35.8 Å². The summed E-state index contributed by atoms with van der Waals surface area (Å²) in [6, 6.07) is 11.3. The highest BCUT2D eigenvalue weighted by Gasteiger charge is 2.17. The molecule has 0 aliphatic rings. The van der Waals surface area contributed by atoms with Gasteiger partial charge in [-0.15, -0.1) is 0 Å². The fourth-order valence-corrected chi connectivity index (χ4v) is 2.76. The molecule has 27 heavy (non-hydrogen) atoms. The molecule has 0 saturated carbocycles. The maximum Gasteiger partial charge on any atom is 0.251 e. The minimum atomic E-state index is -0.295. The van der Waals surface area contributed by atoms with E-state index in [1.165, 1.54) is 19.2 Å². The second-order valence-corrected chi connectivity index (χ2v) is 6.78. The molecule has 1 unspecified atom stereocenters. The molecule has 0 heterocycles. The highest BCUT2D eigenvalue weighted by molar-refractivity contribution is 5.94. The zero-order valence-electron chi connectivity index (χ0n) is 16.5. The molecule has 1 amide bonds. The van der Waals surface area contributed by atoms with Gasteiger partial charge in [0.25, 0.3) is 5.91 Å². The third-order valence-corrected chi connectivity index (χ3v) is 4.10. The number of hydrogen-bond acceptors (Lipinski definition) is 4. The van der Waals surface area contributed by atoms with E-state index in [-0.39, 0.29) is 23.9 Å². The lowest BCUT2D eigenvalue weighted by Gasteiger charge is -2.25. The Bertz CT molecular complexity index is 778. The van der Waals surface area contributed by atoms with Gasteiger partial charge in [0.15, 0.2) is 11.5 Å². The zero-order chi connectivity index (χ0) is 20.0. The highest BCUT2D eigenvalue weighted by Crippen LogP contribution is 2.29. The van der Waals surface area contributed by atoms with Gasteiger partial charge in [0.2, 0.25) is 0 Å². The lowest BCUT2D eigenvalue weighted by molar-refractivity contribution is 0.0941. The monoisotopic (exact) mass is 374 g/mol. The van der Waals surface area contributed by atoms with E-state index in [9.17, 15) is 9.18 Å². The Labute approximate surface area is 160 Å². The number of rotatable bonds is 8. The largest absolute Gasteiger partial charge is 0.493 e. The van der Waals surface area contributed by atoms with Gasteiger partial charge in [0.1, 0.15) is 5.82 Å². The molecule has 2 aromatic carbocycles. The Morgan fingerprint density at radius 1 is 1.15 bits per heavy atom. The van der Waals surface area contributed by atoms with Gasteiger partial charge in [-0.2, -0.15) is 0 Å². The quantitative estimate of drug-likeness (QED) is 0.766. The van der Waals surface area contributed by atoms with Crippen LogP contribution in [0.25, 0.3) is 0 Å². The number of nitrogens with zero attached hydrogens (tertiary/aromatic N) is 1. The van der Waals surface area contributed by atoms with E-state index in [0.717, 1.165) is 5.56 Å². The molecular formula is C21H27FN2O3. The van der Waals surface area contributed by atoms with Gasteiger partial charge in [-0.1, -0.05) is 12.1 Å². The third-order valence-electron chi connectivity index (χ3n) is 4.10. The molecule has 0 fully saturated rings. The van der Waals surface area contributed by atoms with Crippen LogP contribution in [0.4, 0.5) is 4.39 Å². The lowest BCUT2D eigenvalue weighted by Crippen LogP contribution is -2.34. The molecule has 146 valence electrons. The summed E-state index contributed by atoms with van der Waals surface area (Å²) in [6.45, 7) is 4.20. The number of halogens is 1. The average molecular weight is 374 g/mol. The minimum absolute atomic E-state index is 0.00527. The van der Waals surface area contributed by atoms with Crippen molar-refractivity contribution in [3.05, 3.63) is 59.4 Å². The van der Waals surface area contributed by atoms with E-state index >= 15 is 0 Å². The van der Waals surface area contributed by atoms with Gasteiger partial charge in [-0.25, -0.2) is 4.39 Å². The second-order valence-electron chi connectivity index (χ2n) is 6.78. The van der Waals surface area contributed by atoms with E-state index in [1.807, 2.05) is 38.9 Å². The van der Waals surface area contributed by atoms with Crippen LogP contribution in [0, 0.1) is 5.82 Å². The van der Waals surface area contributed by atoms with Crippen molar-refractivity contribution < 1.29 is 18.7 Å². The Kier molecular flexibility index (Phi) is 7.19. The Balaban J connectivity index is 2.11. The van der Waals surface area contributed by atoms with Crippen LogP contribution in [0.15, 0.2) is 42.5 Å². The Morgan fingerprint density at radius 3 is 2.48 bits per heavy atom. The molecule has 1 N–H and O–H groups in total. The number of benzene rings is 2. The molecule has 2 aromatic rings. The topological polar surface area (TPSA) is 50.8 Å². The van der Waals surface area contributed by atoms with Crippen LogP contribution < -0.4 is 14.8 Å². The molecule has 5 nitrogen and oxygen atoms in total. The Morgan fingerprint density at radius 2 is 1.89 bits per heavy atom. The van der Waals surface area contributed by atoms with E-state index in [0.29, 0.717) is 23.6 Å². The van der Waals surface area contributed by atoms with Crippen LogP contribution >= 0.6 is 0 Å². The highest BCUT2D eigenvalue weighted by atomic mass is 19.1. The molecule has 0 aliphatic heterocycles. The van der Waals surface area contributed by atoms with Gasteiger partial charge in [-0.3, -0.25) is 4.79 Å². The van der Waals surface area contributed by atoms with Crippen LogP contribution in [-0.4, -0.2) is 44.7 Å². The molecule has 0 aromatic heterocycles. The van der Waals surface area contributed by atoms with E-state index in [2.05, 4.69) is 5.32 Å². The van der Waals surface area contributed by atoms with E-state index in [4.69, 9.17) is 9.47 Å². The summed E-state index contributed by atoms with van der Waals surface area (Å²) in [5.41, 5.74) is 1.28. The number of likely N-dealkylation sites (N-methyl/N-ethyl adjacent to an activating group) is 1. The van der Waals surface area contributed by atoms with E-state index < -0.39 is 0 Å². The third kappa shape index (κ3) is 5.69. The van der Waals surface area contributed by atoms with Crippen molar-refractivity contribution >= 4 is 5.91 Å². The predicted molar refractivity (Wildman–Crippen MR) is 104 cm³/mol. The first-order chi connectivity index (χ1) is 12.8. The molecule has 0 bridgehead atoms. The van der Waals surface area contributed by atoms with Crippen molar-refractivity contribution in [2.45, 2.75) is 26.0 Å². The van der Waals surface area contributed by atoms with Crippen LogP contribution in [0.2, 0.25) is 0 Å². The number of carbonyl (C=O) groups is 1. The minimum Gasteiger partial charge on any atom is -0.493 e. The summed E-state index contributed by atoms with van der Waals surface area (Å²) in [4.78, 5) is 14.5. The summed E-state index contributed by atoms with van der Waals surface area (Å²) in [5.74, 6) is 0.574. The first kappa shape index (κ1) is 20.7. The number of amides is 1. The first-order valence-corrected chi connectivity index (χ1v) is 8.86. The van der Waals surface area contributed by atoms with Crippen LogP contribution in [0.5, 0.6) is 11.5 Å². The summed E-state index contributed by atoms with van der Waals surface area (Å²) in [5, 5.41) is 2.91. The van der Waals surface area contributed by atoms with Crippen molar-refractivity contribution in [2.75, 3.05) is 27.7 Å². The summed E-state index contributed by atoms with van der Waals surface area (Å²) < 4.78 is 24.5. The van der Waals surface area contributed by atoms with Gasteiger partial charge in [-0.05, 0) is 63.8 Å². The van der Waals surface area contributed by atoms with E-state index in [1.54, 1.807) is 24.3 Å². The van der Waals surface area contributed by atoms with Crippen molar-refractivity contribution in [1.82, 2.24) is 10.2 Å². The predicted octanol–water partition coefficient (Wildman–Crippen LogP) is 3.65. The second kappa shape index (κ2) is 9.37. The maximum atomic E-state index is 13.5. The Hall–Kier alpha value is -2.60. The maximum absolute atomic E-state index is 13.5. The fourth-order valence-electron chi connectivity index (χ4n) is 2.76. The molecular weight excluding hydrogens is 347 g/mol. The summed E-state index contributed by atoms with van der Waals surface area (Å²) >= 11 is 0. The van der Waals surface area contributed by atoms with Gasteiger partial charge >= 0.3 is 0 Å². The molecule has 2 rings (SSSR count). The van der Waals surface area contributed by atoms with Crippen LogP contribution in [-0.2, 0) is 0 Å². The molecule has 0 radical (unpaired) electrons. The number of ether oxygens (including phenoxy) is 2. The fraction of sp³-hybridized carbons (Fsp3) is 0.381. The molecule has 6 heteroatoms. The van der Waals surface area contributed by atoms with Crippen molar-refractivity contribution in [3.8, 4) is 11.5 Å². The normalized spacial score (nSPS) is 12.1. The smallest absolute Gasteiger partial charge is 0.251 e. The number of methoxy groups -OCH3 is 1. The van der Waals surface area contributed by atoms with Crippen molar-refractivity contribution in [1.29, 1.82) is 0 Å². The molecule has 0 spiro atoms. The average Bonchev–Trinajstić information content (AvgIpc) is 2.61.